The van der Waals surface area contributed by atoms with Crippen LogP contribution in [0.15, 0.2) is 22.7 Å². The molecule has 0 radical (unpaired) electrons. The highest BCUT2D eigenvalue weighted by atomic mass is 79.9. The normalized spacial score (nSPS) is 20.2. The molecule has 0 spiro atoms. The van der Waals surface area contributed by atoms with E-state index in [0.29, 0.717) is 6.10 Å². The molecule has 4 heteroatoms. The predicted molar refractivity (Wildman–Crippen MR) is 66.5 cm³/mol. The molecule has 0 saturated carbocycles. The summed E-state index contributed by atoms with van der Waals surface area (Å²) in [5, 5.41) is 12.7. The Labute approximate surface area is 104 Å². The van der Waals surface area contributed by atoms with Gasteiger partial charge in [0.15, 0.2) is 0 Å². The first-order chi connectivity index (χ1) is 7.75. The third-order valence-electron chi connectivity index (χ3n) is 2.74. The van der Waals surface area contributed by atoms with E-state index < -0.39 is 0 Å². The van der Waals surface area contributed by atoms with Crippen molar-refractivity contribution in [3.8, 4) is 5.75 Å². The second kappa shape index (κ2) is 5.66. The highest BCUT2D eigenvalue weighted by Crippen LogP contribution is 2.24. The fourth-order valence-corrected chi connectivity index (χ4v) is 2.27. The van der Waals surface area contributed by atoms with Gasteiger partial charge in [-0.05, 0) is 46.5 Å². The van der Waals surface area contributed by atoms with E-state index in [9.17, 15) is 5.11 Å². The summed E-state index contributed by atoms with van der Waals surface area (Å²) in [6.07, 6.45) is 2.71. The molecule has 3 nitrogen and oxygen atoms in total. The molecule has 1 fully saturated rings. The van der Waals surface area contributed by atoms with Crippen LogP contribution in [-0.2, 0) is 11.3 Å². The number of benzene rings is 1. The van der Waals surface area contributed by atoms with E-state index in [0.717, 1.165) is 36.2 Å². The highest BCUT2D eigenvalue weighted by Gasteiger charge is 2.14. The van der Waals surface area contributed by atoms with Crippen molar-refractivity contribution in [2.24, 2.45) is 0 Å². The van der Waals surface area contributed by atoms with Crippen molar-refractivity contribution in [2.45, 2.75) is 25.5 Å². The van der Waals surface area contributed by atoms with Gasteiger partial charge in [0.05, 0.1) is 10.6 Å². The smallest absolute Gasteiger partial charge is 0.129 e. The summed E-state index contributed by atoms with van der Waals surface area (Å²) >= 11 is 3.30. The second-order valence-corrected chi connectivity index (χ2v) is 4.91. The van der Waals surface area contributed by atoms with Gasteiger partial charge in [-0.3, -0.25) is 0 Å². The Morgan fingerprint density at radius 1 is 1.50 bits per heavy atom. The van der Waals surface area contributed by atoms with Gasteiger partial charge in [0.1, 0.15) is 5.75 Å². The monoisotopic (exact) mass is 285 g/mol. The Morgan fingerprint density at radius 3 is 3.06 bits per heavy atom. The van der Waals surface area contributed by atoms with Crippen LogP contribution >= 0.6 is 15.9 Å². The molecule has 1 unspecified atom stereocenters. The molecular weight excluding hydrogens is 270 g/mol. The van der Waals surface area contributed by atoms with Crippen LogP contribution < -0.4 is 5.32 Å². The zero-order chi connectivity index (χ0) is 11.4. The highest BCUT2D eigenvalue weighted by molar-refractivity contribution is 9.10. The van der Waals surface area contributed by atoms with Crippen LogP contribution in [0.25, 0.3) is 0 Å². The third-order valence-corrected chi connectivity index (χ3v) is 3.37. The molecule has 0 aromatic heterocycles. The zero-order valence-corrected chi connectivity index (χ0v) is 10.7. The third kappa shape index (κ3) is 3.20. The first-order valence-electron chi connectivity index (χ1n) is 5.55. The molecule has 1 saturated heterocycles. The zero-order valence-electron chi connectivity index (χ0n) is 9.08. The topological polar surface area (TPSA) is 41.5 Å². The number of rotatable bonds is 4. The molecule has 16 heavy (non-hydrogen) atoms. The van der Waals surface area contributed by atoms with Crippen LogP contribution in [0.5, 0.6) is 5.75 Å². The Hall–Kier alpha value is -0.580. The summed E-state index contributed by atoms with van der Waals surface area (Å²) in [6.45, 7) is 2.61. The van der Waals surface area contributed by atoms with E-state index in [2.05, 4.69) is 21.2 Å². The number of aromatic hydroxyl groups is 1. The summed E-state index contributed by atoms with van der Waals surface area (Å²) in [5.41, 5.74) is 1.16. The molecule has 0 bridgehead atoms. The molecule has 0 amide bonds. The van der Waals surface area contributed by atoms with Crippen LogP contribution in [0.2, 0.25) is 0 Å². The Balaban J connectivity index is 1.78. The van der Waals surface area contributed by atoms with Crippen molar-refractivity contribution in [1.82, 2.24) is 5.32 Å². The van der Waals surface area contributed by atoms with E-state index in [1.54, 1.807) is 6.07 Å². The van der Waals surface area contributed by atoms with E-state index >= 15 is 0 Å². The van der Waals surface area contributed by atoms with E-state index in [-0.39, 0.29) is 5.75 Å². The van der Waals surface area contributed by atoms with Gasteiger partial charge in [-0.2, -0.15) is 0 Å². The summed E-state index contributed by atoms with van der Waals surface area (Å²) in [7, 11) is 0. The Kier molecular flexibility index (Phi) is 4.21. The minimum absolute atomic E-state index is 0.280. The molecule has 1 aromatic carbocycles. The second-order valence-electron chi connectivity index (χ2n) is 4.05. The Morgan fingerprint density at radius 2 is 2.38 bits per heavy atom. The molecule has 0 aliphatic carbocycles. The lowest BCUT2D eigenvalue weighted by Gasteiger charge is -2.11. The predicted octanol–water partition coefficient (Wildman–Crippen LogP) is 2.42. The minimum Gasteiger partial charge on any atom is -0.507 e. The SMILES string of the molecule is Oc1ccc(CNCC2CCCO2)cc1Br. The van der Waals surface area contributed by atoms with Gasteiger partial charge in [0.25, 0.3) is 0 Å². The molecule has 1 aliphatic rings. The summed E-state index contributed by atoms with van der Waals surface area (Å²) in [5.74, 6) is 0.280. The van der Waals surface area contributed by atoms with Gasteiger partial charge in [-0.25, -0.2) is 0 Å². The Bertz CT molecular complexity index is 351. The summed E-state index contributed by atoms with van der Waals surface area (Å²) in [4.78, 5) is 0. The lowest BCUT2D eigenvalue weighted by atomic mass is 10.2. The number of nitrogens with one attached hydrogen (secondary N) is 1. The van der Waals surface area contributed by atoms with Crippen molar-refractivity contribution in [1.29, 1.82) is 0 Å². The molecule has 88 valence electrons. The van der Waals surface area contributed by atoms with Gasteiger partial charge in [-0.15, -0.1) is 0 Å². The minimum atomic E-state index is 0.280. The molecule has 2 N–H and O–H groups in total. The maximum atomic E-state index is 9.35. The van der Waals surface area contributed by atoms with Gasteiger partial charge < -0.3 is 15.2 Å². The van der Waals surface area contributed by atoms with Crippen molar-refractivity contribution < 1.29 is 9.84 Å². The standard InChI is InChI=1S/C12H16BrNO2/c13-11-6-9(3-4-12(11)15)7-14-8-10-2-1-5-16-10/h3-4,6,10,14-15H,1-2,5,7-8H2. The molecule has 1 aromatic rings. The number of phenolic OH excluding ortho intramolecular Hbond substituents is 1. The van der Waals surface area contributed by atoms with Crippen LogP contribution in [-0.4, -0.2) is 24.4 Å². The fourth-order valence-electron chi connectivity index (χ4n) is 1.84. The van der Waals surface area contributed by atoms with Gasteiger partial charge in [-0.1, -0.05) is 6.07 Å². The lowest BCUT2D eigenvalue weighted by Crippen LogP contribution is -2.25. The summed E-state index contributed by atoms with van der Waals surface area (Å²) in [6, 6.07) is 5.55. The fraction of sp³-hybridized carbons (Fsp3) is 0.500. The molecule has 1 aliphatic heterocycles. The average molecular weight is 286 g/mol. The number of phenols is 1. The van der Waals surface area contributed by atoms with Gasteiger partial charge in [0.2, 0.25) is 0 Å². The first-order valence-corrected chi connectivity index (χ1v) is 6.35. The average Bonchev–Trinajstić information content (AvgIpc) is 2.76. The molecule has 1 atom stereocenters. The first kappa shape index (κ1) is 11.9. The van der Waals surface area contributed by atoms with E-state index in [1.807, 2.05) is 12.1 Å². The van der Waals surface area contributed by atoms with Crippen molar-refractivity contribution in [2.75, 3.05) is 13.2 Å². The van der Waals surface area contributed by atoms with Crippen LogP contribution in [0.3, 0.4) is 0 Å². The van der Waals surface area contributed by atoms with Gasteiger partial charge >= 0.3 is 0 Å². The number of hydrogen-bond donors (Lipinski definition) is 2. The van der Waals surface area contributed by atoms with Crippen LogP contribution in [0.1, 0.15) is 18.4 Å². The number of ether oxygens (including phenoxy) is 1. The molecule has 1 heterocycles. The number of hydrogen-bond acceptors (Lipinski definition) is 3. The lowest BCUT2D eigenvalue weighted by molar-refractivity contribution is 0.110. The largest absolute Gasteiger partial charge is 0.507 e. The molecular formula is C12H16BrNO2. The molecule has 2 rings (SSSR count). The van der Waals surface area contributed by atoms with Crippen molar-refractivity contribution >= 4 is 15.9 Å². The van der Waals surface area contributed by atoms with Crippen molar-refractivity contribution in [3.05, 3.63) is 28.2 Å². The van der Waals surface area contributed by atoms with E-state index in [1.165, 1.54) is 6.42 Å². The maximum absolute atomic E-state index is 9.35. The maximum Gasteiger partial charge on any atom is 0.129 e. The summed E-state index contributed by atoms with van der Waals surface area (Å²) < 4.78 is 6.26. The quantitative estimate of drug-likeness (QED) is 0.893. The van der Waals surface area contributed by atoms with Crippen LogP contribution in [0.4, 0.5) is 0 Å². The van der Waals surface area contributed by atoms with Gasteiger partial charge in [0, 0.05) is 19.7 Å². The van der Waals surface area contributed by atoms with Crippen molar-refractivity contribution in [3.63, 3.8) is 0 Å². The van der Waals surface area contributed by atoms with E-state index in [4.69, 9.17) is 4.74 Å². The number of halogens is 1. The van der Waals surface area contributed by atoms with Crippen LogP contribution in [0, 0.1) is 0 Å².